The normalized spacial score (nSPS) is 13.0. The summed E-state index contributed by atoms with van der Waals surface area (Å²) < 4.78 is 33.7. The third-order valence-corrected chi connectivity index (χ3v) is 4.56. The summed E-state index contributed by atoms with van der Waals surface area (Å²) in [5.74, 6) is 1.06. The number of ether oxygens (including phenoxy) is 1. The molecule has 0 spiro atoms. The summed E-state index contributed by atoms with van der Waals surface area (Å²) in [6.45, 7) is 4.56. The number of nitrogens with zero attached hydrogens (tertiary/aromatic N) is 2. The molecular weight excluding hydrogens is 352 g/mol. The standard InChI is InChI=1S/C20H23F2N3O2/c1-11(2)8-12(23)10-27-13-4-5-14-15-6-7-24-18(19(21)22)17(15)20(26)25(3)16(14)9-13/h4-7,9,11-12,19H,8,10,23H2,1-3H3/t12-/m0/s1. The van der Waals surface area contributed by atoms with Gasteiger partial charge in [-0.25, -0.2) is 8.78 Å². The molecule has 7 heteroatoms. The summed E-state index contributed by atoms with van der Waals surface area (Å²) in [6, 6.07) is 6.78. The minimum Gasteiger partial charge on any atom is -0.492 e. The van der Waals surface area contributed by atoms with Crippen molar-refractivity contribution < 1.29 is 13.5 Å². The van der Waals surface area contributed by atoms with Gasteiger partial charge in [0.25, 0.3) is 12.0 Å². The van der Waals surface area contributed by atoms with Gasteiger partial charge in [-0.3, -0.25) is 9.78 Å². The summed E-state index contributed by atoms with van der Waals surface area (Å²) in [5.41, 5.74) is 5.66. The predicted octanol–water partition coefficient (Wildman–Crippen LogP) is 3.78. The Kier molecular flexibility index (Phi) is 5.41. The number of aromatic nitrogens is 2. The van der Waals surface area contributed by atoms with E-state index in [0.29, 0.717) is 34.6 Å². The smallest absolute Gasteiger partial charge is 0.281 e. The maximum Gasteiger partial charge on any atom is 0.281 e. The maximum absolute atomic E-state index is 13.3. The molecule has 0 amide bonds. The van der Waals surface area contributed by atoms with Gasteiger partial charge in [-0.2, -0.15) is 0 Å². The van der Waals surface area contributed by atoms with Crippen LogP contribution in [0.4, 0.5) is 8.78 Å². The van der Waals surface area contributed by atoms with Crippen molar-refractivity contribution in [3.63, 3.8) is 0 Å². The van der Waals surface area contributed by atoms with Gasteiger partial charge in [0.05, 0.1) is 10.9 Å². The Bertz CT molecular complexity index is 1030. The number of hydrogen-bond acceptors (Lipinski definition) is 4. The molecule has 0 aliphatic carbocycles. The van der Waals surface area contributed by atoms with E-state index in [1.54, 1.807) is 31.3 Å². The monoisotopic (exact) mass is 375 g/mol. The highest BCUT2D eigenvalue weighted by Gasteiger charge is 2.19. The van der Waals surface area contributed by atoms with Gasteiger partial charge in [0, 0.05) is 36.1 Å². The Labute approximate surface area is 155 Å². The number of halogens is 2. The molecule has 0 saturated carbocycles. The Hall–Kier alpha value is -2.54. The largest absolute Gasteiger partial charge is 0.492 e. The van der Waals surface area contributed by atoms with Crippen molar-refractivity contribution in [1.29, 1.82) is 0 Å². The summed E-state index contributed by atoms with van der Waals surface area (Å²) in [5, 5.41) is 1.10. The van der Waals surface area contributed by atoms with Crippen molar-refractivity contribution in [1.82, 2.24) is 9.55 Å². The molecule has 5 nitrogen and oxygen atoms in total. The van der Waals surface area contributed by atoms with Crippen LogP contribution in [0.5, 0.6) is 5.75 Å². The third kappa shape index (κ3) is 3.78. The molecular formula is C20H23F2N3O2. The van der Waals surface area contributed by atoms with E-state index in [2.05, 4.69) is 18.8 Å². The van der Waals surface area contributed by atoms with Crippen LogP contribution in [0.2, 0.25) is 0 Å². The third-order valence-electron chi connectivity index (χ3n) is 4.56. The molecule has 2 N–H and O–H groups in total. The van der Waals surface area contributed by atoms with Crippen LogP contribution in [-0.4, -0.2) is 22.2 Å². The van der Waals surface area contributed by atoms with Gasteiger partial charge in [-0.05, 0) is 30.5 Å². The van der Waals surface area contributed by atoms with Crippen LogP contribution in [0.3, 0.4) is 0 Å². The lowest BCUT2D eigenvalue weighted by Crippen LogP contribution is -2.29. The van der Waals surface area contributed by atoms with Gasteiger partial charge in [-0.1, -0.05) is 13.8 Å². The number of hydrogen-bond donors (Lipinski definition) is 1. The van der Waals surface area contributed by atoms with E-state index in [1.165, 1.54) is 10.8 Å². The molecule has 1 atom stereocenters. The van der Waals surface area contributed by atoms with Crippen LogP contribution in [0, 0.1) is 5.92 Å². The number of aryl methyl sites for hydroxylation is 1. The van der Waals surface area contributed by atoms with E-state index < -0.39 is 17.7 Å². The summed E-state index contributed by atoms with van der Waals surface area (Å²) in [4.78, 5) is 16.4. The van der Waals surface area contributed by atoms with Gasteiger partial charge in [-0.15, -0.1) is 0 Å². The Morgan fingerprint density at radius 1 is 1.22 bits per heavy atom. The van der Waals surface area contributed by atoms with Crippen LogP contribution in [0.25, 0.3) is 21.7 Å². The van der Waals surface area contributed by atoms with Crippen molar-refractivity contribution in [3.05, 3.63) is 46.5 Å². The first kappa shape index (κ1) is 19.2. The number of alkyl halides is 2. The molecule has 144 valence electrons. The van der Waals surface area contributed by atoms with E-state index in [4.69, 9.17) is 10.5 Å². The number of fused-ring (bicyclic) bond motifs is 3. The lowest BCUT2D eigenvalue weighted by Gasteiger charge is -2.16. The molecule has 2 aromatic heterocycles. The number of benzene rings is 1. The minimum absolute atomic E-state index is 0.0462. The average molecular weight is 375 g/mol. The first-order valence-electron chi connectivity index (χ1n) is 8.87. The predicted molar refractivity (Wildman–Crippen MR) is 102 cm³/mol. The van der Waals surface area contributed by atoms with Crippen LogP contribution in [0.1, 0.15) is 32.4 Å². The lowest BCUT2D eigenvalue weighted by atomic mass is 10.0. The van der Waals surface area contributed by atoms with Crippen molar-refractivity contribution in [3.8, 4) is 5.75 Å². The topological polar surface area (TPSA) is 70.1 Å². The molecule has 0 bridgehead atoms. The molecule has 1 aromatic carbocycles. The maximum atomic E-state index is 13.3. The molecule has 2 heterocycles. The zero-order chi connectivity index (χ0) is 19.7. The van der Waals surface area contributed by atoms with Crippen molar-refractivity contribution >= 4 is 21.7 Å². The highest BCUT2D eigenvalue weighted by atomic mass is 19.3. The van der Waals surface area contributed by atoms with Gasteiger partial charge in [0.15, 0.2) is 0 Å². The summed E-state index contributed by atoms with van der Waals surface area (Å²) in [7, 11) is 1.56. The average Bonchev–Trinajstić information content (AvgIpc) is 2.63. The Balaban J connectivity index is 2.07. The van der Waals surface area contributed by atoms with Gasteiger partial charge in [0.2, 0.25) is 0 Å². The first-order chi connectivity index (χ1) is 12.8. The fourth-order valence-electron chi connectivity index (χ4n) is 3.35. The molecule has 0 unspecified atom stereocenters. The van der Waals surface area contributed by atoms with Crippen LogP contribution in [0.15, 0.2) is 35.3 Å². The number of rotatable bonds is 6. The van der Waals surface area contributed by atoms with Crippen LogP contribution < -0.4 is 16.0 Å². The second-order valence-electron chi connectivity index (χ2n) is 7.16. The molecule has 0 aliphatic rings. The fraction of sp³-hybridized carbons (Fsp3) is 0.400. The van der Waals surface area contributed by atoms with Gasteiger partial charge in [0.1, 0.15) is 18.1 Å². The summed E-state index contributed by atoms with van der Waals surface area (Å²) >= 11 is 0. The van der Waals surface area contributed by atoms with Crippen LogP contribution >= 0.6 is 0 Å². The second kappa shape index (κ2) is 7.60. The van der Waals surface area contributed by atoms with Crippen molar-refractivity contribution in [2.75, 3.05) is 6.61 Å². The van der Waals surface area contributed by atoms with E-state index in [9.17, 15) is 13.6 Å². The zero-order valence-corrected chi connectivity index (χ0v) is 15.6. The summed E-state index contributed by atoms with van der Waals surface area (Å²) in [6.07, 6.45) is -0.665. The minimum atomic E-state index is -2.82. The van der Waals surface area contributed by atoms with E-state index >= 15 is 0 Å². The SMILES string of the molecule is CC(C)C[C@H](N)COc1ccc2c3ccnc(C(F)F)c3c(=O)n(C)c2c1. The molecule has 3 aromatic rings. The number of pyridine rings is 2. The van der Waals surface area contributed by atoms with Gasteiger partial charge < -0.3 is 15.0 Å². The first-order valence-corrected chi connectivity index (χ1v) is 8.87. The highest BCUT2D eigenvalue weighted by Crippen LogP contribution is 2.30. The van der Waals surface area contributed by atoms with E-state index in [0.717, 1.165) is 6.42 Å². The molecule has 0 radical (unpaired) electrons. The van der Waals surface area contributed by atoms with Crippen molar-refractivity contribution in [2.45, 2.75) is 32.7 Å². The van der Waals surface area contributed by atoms with Crippen molar-refractivity contribution in [2.24, 2.45) is 18.7 Å². The lowest BCUT2D eigenvalue weighted by molar-refractivity contribution is 0.148. The zero-order valence-electron chi connectivity index (χ0n) is 15.6. The molecule has 27 heavy (non-hydrogen) atoms. The van der Waals surface area contributed by atoms with Gasteiger partial charge >= 0.3 is 0 Å². The molecule has 0 aliphatic heterocycles. The van der Waals surface area contributed by atoms with Crippen LogP contribution in [-0.2, 0) is 7.05 Å². The highest BCUT2D eigenvalue weighted by molar-refractivity contribution is 6.06. The molecule has 3 rings (SSSR count). The second-order valence-corrected chi connectivity index (χ2v) is 7.16. The van der Waals surface area contributed by atoms with E-state index in [-0.39, 0.29) is 11.4 Å². The Morgan fingerprint density at radius 2 is 1.96 bits per heavy atom. The number of nitrogens with two attached hydrogens (primary N) is 1. The van der Waals surface area contributed by atoms with E-state index in [1.807, 2.05) is 0 Å². The molecule has 0 saturated heterocycles. The quantitative estimate of drug-likeness (QED) is 0.666. The molecule has 0 fully saturated rings. The fourth-order valence-corrected chi connectivity index (χ4v) is 3.35. The Morgan fingerprint density at radius 3 is 2.63 bits per heavy atom.